The van der Waals surface area contributed by atoms with Gasteiger partial charge in [-0.25, -0.2) is 9.97 Å². The number of aromatic nitrogens is 2. The van der Waals surface area contributed by atoms with Gasteiger partial charge in [-0.05, 0) is 32.4 Å². The molecule has 1 heterocycles. The first-order valence-corrected chi connectivity index (χ1v) is 6.18. The van der Waals surface area contributed by atoms with Crippen LogP contribution in [-0.2, 0) is 0 Å². The van der Waals surface area contributed by atoms with Crippen LogP contribution in [0.3, 0.4) is 0 Å². The molecule has 0 amide bonds. The second-order valence-corrected chi connectivity index (χ2v) is 4.71. The van der Waals surface area contributed by atoms with Crippen LogP contribution >= 0.6 is 11.6 Å². The van der Waals surface area contributed by atoms with Crippen molar-refractivity contribution in [3.05, 3.63) is 46.4 Å². The summed E-state index contributed by atoms with van der Waals surface area (Å²) in [5.41, 5.74) is 4.02. The smallest absolute Gasteiger partial charge is 0.172 e. The lowest BCUT2D eigenvalue weighted by molar-refractivity contribution is 1.00. The number of benzene rings is 1. The van der Waals surface area contributed by atoms with E-state index in [-0.39, 0.29) is 0 Å². The Kier molecular flexibility index (Phi) is 3.53. The van der Waals surface area contributed by atoms with Crippen molar-refractivity contribution in [2.24, 2.45) is 0 Å². The maximum Gasteiger partial charge on any atom is 0.172 e. The van der Waals surface area contributed by atoms with E-state index < -0.39 is 0 Å². The third-order valence-electron chi connectivity index (χ3n) is 3.04. The van der Waals surface area contributed by atoms with Gasteiger partial charge < -0.3 is 4.90 Å². The Balaban J connectivity index is 2.50. The summed E-state index contributed by atoms with van der Waals surface area (Å²) in [5, 5.41) is 0.434. The van der Waals surface area contributed by atoms with Gasteiger partial charge in [-0.1, -0.05) is 29.8 Å². The number of aryl methyl sites for hydroxylation is 3. The van der Waals surface area contributed by atoms with Gasteiger partial charge in [0.15, 0.2) is 11.0 Å². The van der Waals surface area contributed by atoms with Crippen molar-refractivity contribution < 1.29 is 0 Å². The third kappa shape index (κ3) is 2.31. The molecule has 0 saturated heterocycles. The minimum Gasteiger partial charge on any atom is -0.327 e. The fourth-order valence-electron chi connectivity index (χ4n) is 1.83. The molecule has 0 atom stereocenters. The number of hydrogen-bond donors (Lipinski definition) is 0. The van der Waals surface area contributed by atoms with Crippen LogP contribution in [0.15, 0.2) is 24.3 Å². The Morgan fingerprint density at radius 3 is 2.28 bits per heavy atom. The largest absolute Gasteiger partial charge is 0.327 e. The highest BCUT2D eigenvalue weighted by Crippen LogP contribution is 2.29. The van der Waals surface area contributed by atoms with Gasteiger partial charge in [0, 0.05) is 12.7 Å². The molecule has 0 bridgehead atoms. The lowest BCUT2D eigenvalue weighted by atomic mass is 10.2. The standard InChI is InChI=1S/C14H16ClN3/c1-9-7-5-6-8-12(9)18(4)14-13(15)16-10(2)11(3)17-14/h5-8H,1-4H3. The Bertz CT molecular complexity index is 581. The zero-order chi connectivity index (χ0) is 13.3. The fourth-order valence-corrected chi connectivity index (χ4v) is 2.13. The molecule has 0 saturated carbocycles. The van der Waals surface area contributed by atoms with E-state index in [0.717, 1.165) is 17.1 Å². The van der Waals surface area contributed by atoms with Crippen LogP contribution in [0.5, 0.6) is 0 Å². The molecule has 0 aliphatic carbocycles. The Morgan fingerprint density at radius 1 is 1.00 bits per heavy atom. The van der Waals surface area contributed by atoms with Gasteiger partial charge in [0.25, 0.3) is 0 Å². The molecule has 3 nitrogen and oxygen atoms in total. The molecular formula is C14H16ClN3. The summed E-state index contributed by atoms with van der Waals surface area (Å²) in [6.45, 7) is 5.91. The van der Waals surface area contributed by atoms with Crippen LogP contribution in [0.1, 0.15) is 17.0 Å². The van der Waals surface area contributed by atoms with Crippen molar-refractivity contribution in [2.75, 3.05) is 11.9 Å². The first-order valence-electron chi connectivity index (χ1n) is 5.81. The maximum absolute atomic E-state index is 6.18. The molecule has 0 unspecified atom stereocenters. The third-order valence-corrected chi connectivity index (χ3v) is 3.30. The highest BCUT2D eigenvalue weighted by molar-refractivity contribution is 6.31. The highest BCUT2D eigenvalue weighted by Gasteiger charge is 2.14. The lowest BCUT2D eigenvalue weighted by Crippen LogP contribution is -2.14. The summed E-state index contributed by atoms with van der Waals surface area (Å²) in [4.78, 5) is 10.8. The molecule has 0 aliphatic heterocycles. The van der Waals surface area contributed by atoms with Crippen molar-refractivity contribution in [3.8, 4) is 0 Å². The van der Waals surface area contributed by atoms with Crippen LogP contribution in [-0.4, -0.2) is 17.0 Å². The average molecular weight is 262 g/mol. The average Bonchev–Trinajstić information content (AvgIpc) is 2.33. The minimum atomic E-state index is 0.434. The predicted octanol–water partition coefficient (Wildman–Crippen LogP) is 3.82. The zero-order valence-corrected chi connectivity index (χ0v) is 11.8. The molecule has 0 N–H and O–H groups in total. The van der Waals surface area contributed by atoms with E-state index in [2.05, 4.69) is 23.0 Å². The van der Waals surface area contributed by atoms with E-state index in [1.54, 1.807) is 0 Å². The molecule has 18 heavy (non-hydrogen) atoms. The Labute approximate surface area is 112 Å². The van der Waals surface area contributed by atoms with Crippen LogP contribution < -0.4 is 4.90 Å². The van der Waals surface area contributed by atoms with Gasteiger partial charge in [0.1, 0.15) is 0 Å². The number of nitrogens with zero attached hydrogens (tertiary/aromatic N) is 3. The first kappa shape index (κ1) is 12.8. The number of hydrogen-bond acceptors (Lipinski definition) is 3. The van der Waals surface area contributed by atoms with E-state index in [4.69, 9.17) is 11.6 Å². The van der Waals surface area contributed by atoms with Gasteiger partial charge in [0.05, 0.1) is 11.4 Å². The predicted molar refractivity (Wildman–Crippen MR) is 75.8 cm³/mol. The Morgan fingerprint density at radius 2 is 1.61 bits per heavy atom. The van der Waals surface area contributed by atoms with Crippen LogP contribution in [0.25, 0.3) is 0 Å². The molecule has 0 fully saturated rings. The number of anilines is 2. The molecule has 0 spiro atoms. The normalized spacial score (nSPS) is 10.5. The molecule has 94 valence electrons. The molecule has 2 rings (SSSR count). The summed E-state index contributed by atoms with van der Waals surface area (Å²) in [6.07, 6.45) is 0. The molecule has 2 aromatic rings. The zero-order valence-electron chi connectivity index (χ0n) is 11.0. The van der Waals surface area contributed by atoms with Gasteiger partial charge >= 0.3 is 0 Å². The van der Waals surface area contributed by atoms with E-state index in [9.17, 15) is 0 Å². The molecule has 0 radical (unpaired) electrons. The van der Waals surface area contributed by atoms with Gasteiger partial charge in [-0.2, -0.15) is 0 Å². The topological polar surface area (TPSA) is 29.0 Å². The lowest BCUT2D eigenvalue weighted by Gasteiger charge is -2.21. The van der Waals surface area contributed by atoms with Crippen molar-refractivity contribution >= 4 is 23.1 Å². The van der Waals surface area contributed by atoms with Crippen molar-refractivity contribution in [3.63, 3.8) is 0 Å². The van der Waals surface area contributed by atoms with Gasteiger partial charge in [-0.15, -0.1) is 0 Å². The second-order valence-electron chi connectivity index (χ2n) is 4.35. The summed E-state index contributed by atoms with van der Waals surface area (Å²) >= 11 is 6.18. The number of rotatable bonds is 2. The van der Waals surface area contributed by atoms with E-state index in [1.807, 2.05) is 44.0 Å². The molecular weight excluding hydrogens is 246 g/mol. The van der Waals surface area contributed by atoms with Crippen LogP contribution in [0, 0.1) is 20.8 Å². The minimum absolute atomic E-state index is 0.434. The fraction of sp³-hybridized carbons (Fsp3) is 0.286. The summed E-state index contributed by atoms with van der Waals surface area (Å²) in [5.74, 6) is 0.689. The van der Waals surface area contributed by atoms with E-state index in [0.29, 0.717) is 11.0 Å². The Hall–Kier alpha value is -1.61. The van der Waals surface area contributed by atoms with Crippen LogP contribution in [0.4, 0.5) is 11.5 Å². The second kappa shape index (κ2) is 4.94. The van der Waals surface area contributed by atoms with Crippen molar-refractivity contribution in [1.82, 2.24) is 9.97 Å². The molecule has 1 aromatic heterocycles. The number of para-hydroxylation sites is 1. The quantitative estimate of drug-likeness (QED) is 0.823. The molecule has 4 heteroatoms. The van der Waals surface area contributed by atoms with Crippen molar-refractivity contribution in [2.45, 2.75) is 20.8 Å². The van der Waals surface area contributed by atoms with Crippen LogP contribution in [0.2, 0.25) is 5.15 Å². The monoisotopic (exact) mass is 261 g/mol. The first-order chi connectivity index (χ1) is 8.50. The van der Waals surface area contributed by atoms with Crippen molar-refractivity contribution in [1.29, 1.82) is 0 Å². The summed E-state index contributed by atoms with van der Waals surface area (Å²) < 4.78 is 0. The number of halogens is 1. The molecule has 1 aromatic carbocycles. The molecule has 0 aliphatic rings. The SMILES string of the molecule is Cc1ccccc1N(C)c1nc(C)c(C)nc1Cl. The summed E-state index contributed by atoms with van der Waals surface area (Å²) in [6, 6.07) is 8.12. The van der Waals surface area contributed by atoms with E-state index >= 15 is 0 Å². The highest BCUT2D eigenvalue weighted by atomic mass is 35.5. The summed E-state index contributed by atoms with van der Waals surface area (Å²) in [7, 11) is 1.95. The van der Waals surface area contributed by atoms with Gasteiger partial charge in [0.2, 0.25) is 0 Å². The maximum atomic E-state index is 6.18. The van der Waals surface area contributed by atoms with Gasteiger partial charge in [-0.3, -0.25) is 0 Å². The van der Waals surface area contributed by atoms with E-state index in [1.165, 1.54) is 5.56 Å².